The molecule has 2 aromatic rings. The van der Waals surface area contributed by atoms with E-state index in [1.165, 1.54) is 47.9 Å². The van der Waals surface area contributed by atoms with Gasteiger partial charge < -0.3 is 0 Å². The van der Waals surface area contributed by atoms with Crippen molar-refractivity contribution in [3.05, 3.63) is 82.5 Å². The lowest BCUT2D eigenvalue weighted by molar-refractivity contribution is 0.551. The Morgan fingerprint density at radius 3 is 1.88 bits per heavy atom. The summed E-state index contributed by atoms with van der Waals surface area (Å²) in [6.07, 6.45) is 12.6. The van der Waals surface area contributed by atoms with Gasteiger partial charge in [-0.25, -0.2) is 0 Å². The van der Waals surface area contributed by atoms with E-state index in [9.17, 15) is 0 Å². The van der Waals surface area contributed by atoms with Crippen LogP contribution in [0.4, 0.5) is 0 Å². The van der Waals surface area contributed by atoms with Crippen molar-refractivity contribution in [3.63, 3.8) is 0 Å². The van der Waals surface area contributed by atoms with E-state index in [-0.39, 0.29) is 20.3 Å². The molecular weight excluding hydrogens is 400 g/mol. The average Bonchev–Trinajstić information content (AvgIpc) is 3.38. The number of rotatable bonds is 2. The summed E-state index contributed by atoms with van der Waals surface area (Å²) >= 11 is 0. The predicted octanol–water partition coefficient (Wildman–Crippen LogP) is 8.21. The predicted molar refractivity (Wildman–Crippen MR) is 143 cm³/mol. The van der Waals surface area contributed by atoms with Gasteiger partial charge in [0.05, 0.1) is 0 Å². The molecule has 0 aromatic heterocycles. The number of fused-ring (bicyclic) bond motifs is 3. The maximum atomic E-state index is 2.59. The Bertz CT molecular complexity index is 1020. The van der Waals surface area contributed by atoms with Gasteiger partial charge in [0.2, 0.25) is 0 Å². The van der Waals surface area contributed by atoms with E-state index in [0.717, 1.165) is 11.1 Å². The van der Waals surface area contributed by atoms with Crippen LogP contribution in [0.3, 0.4) is 0 Å². The molecule has 1 fully saturated rings. The maximum Gasteiger partial charge on any atom is 0.0327 e. The van der Waals surface area contributed by atoms with Gasteiger partial charge in [-0.15, -0.1) is 0 Å². The second-order valence-electron chi connectivity index (χ2n) is 12.6. The average molecular weight is 441 g/mol. The van der Waals surface area contributed by atoms with Crippen molar-refractivity contribution in [1.82, 2.24) is 0 Å². The first-order chi connectivity index (χ1) is 15.1. The third kappa shape index (κ3) is 3.87. The third-order valence-electron chi connectivity index (χ3n) is 8.31. The lowest BCUT2D eigenvalue weighted by atomic mass is 9.81. The highest BCUT2D eigenvalue weighted by molar-refractivity contribution is 6.41. The molecule has 2 aliphatic carbocycles. The van der Waals surface area contributed by atoms with Gasteiger partial charge in [-0.2, -0.15) is 0 Å². The Morgan fingerprint density at radius 1 is 0.781 bits per heavy atom. The molecule has 0 spiro atoms. The first-order valence-corrected chi connectivity index (χ1v) is 14.4. The molecule has 1 heterocycles. The van der Waals surface area contributed by atoms with Gasteiger partial charge in [0.25, 0.3) is 0 Å². The van der Waals surface area contributed by atoms with E-state index in [4.69, 9.17) is 0 Å². The summed E-state index contributed by atoms with van der Waals surface area (Å²) < 4.78 is 0. The standard InChI is InChI=1S/C31H40Si/c1-30(2,3)21-14-16-23-24-17-15-22(31(4,5)6)19-26(24)29(25(23)18-21)28-13-9-12-27(32-28)20-10-7-8-11-20/h7-8,10,14-19,27-29H,9,11-13,32H2,1-6H3. The summed E-state index contributed by atoms with van der Waals surface area (Å²) in [5.74, 6) is 0.606. The molecule has 1 saturated heterocycles. The van der Waals surface area contributed by atoms with Crippen LogP contribution in [0, 0.1) is 0 Å². The minimum atomic E-state index is -0.203. The second-order valence-corrected chi connectivity index (χ2v) is 15.1. The first-order valence-electron chi connectivity index (χ1n) is 12.8. The number of hydrogen-bond acceptors (Lipinski definition) is 0. The topological polar surface area (TPSA) is 0 Å². The zero-order chi connectivity index (χ0) is 22.7. The highest BCUT2D eigenvalue weighted by Crippen LogP contribution is 2.55. The molecule has 3 aliphatic rings. The van der Waals surface area contributed by atoms with E-state index in [1.54, 1.807) is 16.7 Å². The normalized spacial score (nSPS) is 24.0. The highest BCUT2D eigenvalue weighted by Gasteiger charge is 2.39. The molecule has 2 aromatic carbocycles. The molecule has 5 rings (SSSR count). The van der Waals surface area contributed by atoms with Gasteiger partial charge in [0, 0.05) is 15.4 Å². The van der Waals surface area contributed by atoms with Gasteiger partial charge in [0.1, 0.15) is 0 Å². The zero-order valence-electron chi connectivity index (χ0n) is 21.0. The van der Waals surface area contributed by atoms with Gasteiger partial charge >= 0.3 is 0 Å². The summed E-state index contributed by atoms with van der Waals surface area (Å²) in [5.41, 5.74) is 13.2. The van der Waals surface area contributed by atoms with E-state index >= 15 is 0 Å². The van der Waals surface area contributed by atoms with Crippen molar-refractivity contribution < 1.29 is 0 Å². The Hall–Kier alpha value is -1.86. The molecule has 1 aliphatic heterocycles. The molecule has 0 N–H and O–H groups in total. The van der Waals surface area contributed by atoms with E-state index in [2.05, 4.69) is 96.2 Å². The van der Waals surface area contributed by atoms with Crippen molar-refractivity contribution in [3.8, 4) is 11.1 Å². The smallest absolute Gasteiger partial charge is 0.0327 e. The fourth-order valence-corrected chi connectivity index (χ4v) is 9.54. The molecule has 32 heavy (non-hydrogen) atoms. The molecule has 1 heteroatoms. The SMILES string of the molecule is CC(C)(C)c1ccc2c(c1)C(C1CCCC(C3=CC=CC3)[SiH2]1)c1cc(C(C)(C)C)ccc1-2. The molecule has 2 atom stereocenters. The molecule has 0 saturated carbocycles. The van der Waals surface area contributed by atoms with E-state index < -0.39 is 0 Å². The molecule has 0 radical (unpaired) electrons. The third-order valence-corrected chi connectivity index (χ3v) is 11.3. The fourth-order valence-electron chi connectivity index (χ4n) is 6.37. The Balaban J connectivity index is 1.60. The van der Waals surface area contributed by atoms with Gasteiger partial charge in [-0.1, -0.05) is 115 Å². The second kappa shape index (κ2) is 7.87. The number of benzene rings is 2. The van der Waals surface area contributed by atoms with Crippen LogP contribution < -0.4 is 0 Å². The molecular formula is C31H40Si. The minimum Gasteiger partial charge on any atom is -0.0805 e. The monoisotopic (exact) mass is 440 g/mol. The fraction of sp³-hybridized carbons (Fsp3) is 0.484. The first kappa shape index (κ1) is 22.0. The van der Waals surface area contributed by atoms with Gasteiger partial charge in [0.15, 0.2) is 0 Å². The molecule has 2 unspecified atom stereocenters. The maximum absolute atomic E-state index is 2.59. The minimum absolute atomic E-state index is 0.192. The Morgan fingerprint density at radius 2 is 1.38 bits per heavy atom. The van der Waals surface area contributed by atoms with Crippen LogP contribution >= 0.6 is 0 Å². The quantitative estimate of drug-likeness (QED) is 0.413. The van der Waals surface area contributed by atoms with Gasteiger partial charge in [-0.05, 0) is 68.1 Å². The summed E-state index contributed by atoms with van der Waals surface area (Å²) in [4.78, 5) is 0. The van der Waals surface area contributed by atoms with E-state index in [0.29, 0.717) is 5.92 Å². The van der Waals surface area contributed by atoms with Crippen LogP contribution in [-0.4, -0.2) is 9.52 Å². The largest absolute Gasteiger partial charge is 0.0805 e. The molecule has 0 nitrogen and oxygen atoms in total. The number of allylic oxidation sites excluding steroid dienone is 4. The summed E-state index contributed by atoms with van der Waals surface area (Å²) in [5, 5.41) is 0. The van der Waals surface area contributed by atoms with Crippen LogP contribution in [0.25, 0.3) is 11.1 Å². The van der Waals surface area contributed by atoms with E-state index in [1.807, 2.05) is 0 Å². The summed E-state index contributed by atoms with van der Waals surface area (Å²) in [6.45, 7) is 14.1. The van der Waals surface area contributed by atoms with Crippen molar-refractivity contribution in [1.29, 1.82) is 0 Å². The van der Waals surface area contributed by atoms with Crippen molar-refractivity contribution in [2.75, 3.05) is 0 Å². The van der Waals surface area contributed by atoms with Crippen LogP contribution in [-0.2, 0) is 10.8 Å². The highest BCUT2D eigenvalue weighted by atomic mass is 28.2. The molecule has 168 valence electrons. The molecule has 0 bridgehead atoms. The van der Waals surface area contributed by atoms with Crippen LogP contribution in [0.1, 0.15) is 95.4 Å². The molecule has 0 amide bonds. The Labute approximate surface area is 198 Å². The van der Waals surface area contributed by atoms with Crippen molar-refractivity contribution >= 4 is 9.52 Å². The van der Waals surface area contributed by atoms with Crippen LogP contribution in [0.5, 0.6) is 0 Å². The zero-order valence-corrected chi connectivity index (χ0v) is 22.4. The van der Waals surface area contributed by atoms with Crippen molar-refractivity contribution in [2.45, 2.75) is 95.1 Å². The lowest BCUT2D eigenvalue weighted by Gasteiger charge is -2.35. The summed E-state index contributed by atoms with van der Waals surface area (Å²) in [7, 11) is -0.203. The Kier molecular flexibility index (Phi) is 5.40. The van der Waals surface area contributed by atoms with Crippen molar-refractivity contribution in [2.24, 2.45) is 0 Å². The van der Waals surface area contributed by atoms with Gasteiger partial charge in [-0.3, -0.25) is 0 Å². The van der Waals surface area contributed by atoms with Crippen LogP contribution in [0.2, 0.25) is 11.1 Å². The lowest BCUT2D eigenvalue weighted by Crippen LogP contribution is -2.24. The summed E-state index contributed by atoms with van der Waals surface area (Å²) in [6, 6.07) is 14.8. The number of hydrogen-bond donors (Lipinski definition) is 0. The van der Waals surface area contributed by atoms with Crippen LogP contribution in [0.15, 0.2) is 60.2 Å².